The van der Waals surface area contributed by atoms with E-state index in [1.807, 2.05) is 36.4 Å². The molecule has 1 aliphatic carbocycles. The van der Waals surface area contributed by atoms with Gasteiger partial charge >= 0.3 is 0 Å². The average Bonchev–Trinajstić information content (AvgIpc) is 3.65. The minimum atomic E-state index is -0.582. The van der Waals surface area contributed by atoms with Crippen molar-refractivity contribution < 1.29 is 4.74 Å². The molecule has 2 aliphatic rings. The predicted molar refractivity (Wildman–Crippen MR) is 257 cm³/mol. The van der Waals surface area contributed by atoms with Gasteiger partial charge in [0.25, 0.3) is 0 Å². The molecule has 0 radical (unpaired) electrons. The Morgan fingerprint density at radius 2 is 0.906 bits per heavy atom. The number of ether oxygens (including phenoxy) is 1. The summed E-state index contributed by atoms with van der Waals surface area (Å²) in [4.78, 5) is 19.7. The minimum Gasteiger partial charge on any atom is -0.457 e. The zero-order chi connectivity index (χ0) is 42.2. The van der Waals surface area contributed by atoms with E-state index >= 15 is 0 Å². The van der Waals surface area contributed by atoms with Gasteiger partial charge in [0.2, 0.25) is 0 Å². The maximum atomic E-state index is 6.66. The molecule has 0 atom stereocenters. The molecule has 13 rings (SSSR count). The van der Waals surface area contributed by atoms with Crippen molar-refractivity contribution in [2.75, 3.05) is 0 Å². The molecule has 5 heterocycles. The Balaban J connectivity index is 1.01. The molecule has 4 aromatic heterocycles. The molecule has 0 fully saturated rings. The van der Waals surface area contributed by atoms with Gasteiger partial charge < -0.3 is 4.74 Å². The number of hydrogen-bond donors (Lipinski definition) is 0. The number of benzene rings is 7. The van der Waals surface area contributed by atoms with Crippen molar-refractivity contribution in [1.82, 2.24) is 19.9 Å². The number of aromatic nitrogens is 4. The van der Waals surface area contributed by atoms with Crippen LogP contribution in [0.2, 0.25) is 0 Å². The Kier molecular flexibility index (Phi) is 8.06. The molecule has 64 heavy (non-hydrogen) atoms. The average molecular weight is 817 g/mol. The maximum Gasteiger partial charge on any atom is 0.132 e. The van der Waals surface area contributed by atoms with Crippen LogP contribution >= 0.6 is 0 Å². The third-order valence-electron chi connectivity index (χ3n) is 13.0. The number of rotatable bonds is 5. The molecule has 7 aromatic carbocycles. The fourth-order valence-electron chi connectivity index (χ4n) is 10.2. The predicted octanol–water partition coefficient (Wildman–Crippen LogP) is 14.4. The van der Waals surface area contributed by atoms with E-state index in [4.69, 9.17) is 14.7 Å². The number of pyridine rings is 4. The SMILES string of the molecule is c1ccc(-c2nc3ccc(-c4ccc(-c5cc(-c6ccccn6)nc(-c6ccccn6)c5)cc4)cc3c3cc4c(cc23)-c2ccccc2C42c3ccccc3Oc3ccccc32)cc1. The number of nitrogens with zero attached hydrogens (tertiary/aromatic N) is 4. The Bertz CT molecular complexity index is 3520. The fraction of sp³-hybridized carbons (Fsp3) is 0.0169. The van der Waals surface area contributed by atoms with Crippen molar-refractivity contribution in [2.24, 2.45) is 0 Å². The Labute approximate surface area is 370 Å². The van der Waals surface area contributed by atoms with E-state index in [1.54, 1.807) is 12.4 Å². The van der Waals surface area contributed by atoms with Crippen molar-refractivity contribution >= 4 is 21.7 Å². The lowest BCUT2D eigenvalue weighted by molar-refractivity contribution is 0.436. The fourth-order valence-corrected chi connectivity index (χ4v) is 10.2. The Hall–Kier alpha value is -8.54. The summed E-state index contributed by atoms with van der Waals surface area (Å²) < 4.78 is 6.66. The van der Waals surface area contributed by atoms with Gasteiger partial charge in [0.1, 0.15) is 11.5 Å². The van der Waals surface area contributed by atoms with Crippen molar-refractivity contribution in [3.05, 3.63) is 241 Å². The van der Waals surface area contributed by atoms with E-state index in [2.05, 4.69) is 180 Å². The lowest BCUT2D eigenvalue weighted by atomic mass is 9.66. The van der Waals surface area contributed by atoms with Gasteiger partial charge in [-0.05, 0) is 123 Å². The van der Waals surface area contributed by atoms with E-state index in [1.165, 1.54) is 22.3 Å². The second-order valence-corrected chi connectivity index (χ2v) is 16.5. The summed E-state index contributed by atoms with van der Waals surface area (Å²) in [6, 6.07) is 73.0. The van der Waals surface area contributed by atoms with Gasteiger partial charge in [0.05, 0.1) is 39.4 Å². The van der Waals surface area contributed by atoms with Crippen LogP contribution in [-0.2, 0) is 5.41 Å². The molecular weight excluding hydrogens is 781 g/mol. The highest BCUT2D eigenvalue weighted by Gasteiger charge is 2.51. The van der Waals surface area contributed by atoms with Crippen LogP contribution in [0.15, 0.2) is 219 Å². The standard InChI is InChI=1S/C59H36N4O/c1-2-14-39(15-3-1)58-46-35-44-42-16-4-5-17-47(42)59(48-18-6-8-22-56(48)64-57-23-9-7-19-49(57)59)50(44)36-43(46)45-32-40(28-29-51(45)63-58)37-24-26-38(27-25-37)41-33-54(52-20-10-12-30-60-52)62-55(34-41)53-21-11-13-31-61-53/h1-36H. The highest BCUT2D eigenvalue weighted by atomic mass is 16.5. The van der Waals surface area contributed by atoms with E-state index in [9.17, 15) is 0 Å². The normalized spacial score (nSPS) is 12.9. The van der Waals surface area contributed by atoms with Gasteiger partial charge in [-0.3, -0.25) is 9.97 Å². The largest absolute Gasteiger partial charge is 0.457 e. The van der Waals surface area contributed by atoms with Crippen LogP contribution in [0, 0.1) is 0 Å². The summed E-state index contributed by atoms with van der Waals surface area (Å²) in [6.07, 6.45) is 3.61. The van der Waals surface area contributed by atoms with Crippen molar-refractivity contribution in [3.8, 4) is 78.9 Å². The molecule has 298 valence electrons. The first-order valence-electron chi connectivity index (χ1n) is 21.6. The second-order valence-electron chi connectivity index (χ2n) is 16.5. The van der Waals surface area contributed by atoms with Crippen LogP contribution in [0.5, 0.6) is 11.5 Å². The molecule has 11 aromatic rings. The molecule has 0 bridgehead atoms. The zero-order valence-corrected chi connectivity index (χ0v) is 34.5. The topological polar surface area (TPSA) is 60.8 Å². The quantitative estimate of drug-likeness (QED) is 0.162. The Morgan fingerprint density at radius 3 is 1.56 bits per heavy atom. The monoisotopic (exact) mass is 816 g/mol. The maximum absolute atomic E-state index is 6.66. The van der Waals surface area contributed by atoms with Gasteiger partial charge in [-0.15, -0.1) is 0 Å². The smallest absolute Gasteiger partial charge is 0.132 e. The molecule has 5 heteroatoms. The van der Waals surface area contributed by atoms with Gasteiger partial charge in [-0.1, -0.05) is 133 Å². The molecule has 5 nitrogen and oxygen atoms in total. The number of para-hydroxylation sites is 2. The lowest BCUT2D eigenvalue weighted by Gasteiger charge is -2.39. The molecular formula is C59H36N4O. The highest BCUT2D eigenvalue weighted by Crippen LogP contribution is 2.62. The first-order chi connectivity index (χ1) is 31.7. The molecule has 0 unspecified atom stereocenters. The highest BCUT2D eigenvalue weighted by molar-refractivity contribution is 6.14. The summed E-state index contributed by atoms with van der Waals surface area (Å²) in [5, 5.41) is 3.39. The van der Waals surface area contributed by atoms with Crippen LogP contribution in [0.4, 0.5) is 0 Å². The van der Waals surface area contributed by atoms with Crippen molar-refractivity contribution in [2.45, 2.75) is 5.41 Å². The van der Waals surface area contributed by atoms with Crippen molar-refractivity contribution in [1.29, 1.82) is 0 Å². The molecule has 1 spiro atoms. The lowest BCUT2D eigenvalue weighted by Crippen LogP contribution is -2.32. The summed E-state index contributed by atoms with van der Waals surface area (Å²) in [5.74, 6) is 1.76. The molecule has 0 N–H and O–H groups in total. The summed E-state index contributed by atoms with van der Waals surface area (Å²) in [6.45, 7) is 0. The Morgan fingerprint density at radius 1 is 0.328 bits per heavy atom. The van der Waals surface area contributed by atoms with Crippen LogP contribution < -0.4 is 4.74 Å². The van der Waals surface area contributed by atoms with Crippen LogP contribution in [0.1, 0.15) is 22.3 Å². The van der Waals surface area contributed by atoms with E-state index < -0.39 is 5.41 Å². The summed E-state index contributed by atoms with van der Waals surface area (Å²) in [7, 11) is 0. The van der Waals surface area contributed by atoms with Gasteiger partial charge in [-0.2, -0.15) is 0 Å². The molecule has 0 amide bonds. The van der Waals surface area contributed by atoms with Gasteiger partial charge in [0, 0.05) is 39.9 Å². The summed E-state index contributed by atoms with van der Waals surface area (Å²) >= 11 is 0. The van der Waals surface area contributed by atoms with E-state index in [0.717, 1.165) is 101 Å². The van der Waals surface area contributed by atoms with Crippen LogP contribution in [0.25, 0.3) is 89.1 Å². The molecule has 0 saturated heterocycles. The number of hydrogen-bond acceptors (Lipinski definition) is 5. The third kappa shape index (κ3) is 5.51. The number of fused-ring (bicyclic) bond motifs is 12. The molecule has 1 aliphatic heterocycles. The van der Waals surface area contributed by atoms with E-state index in [0.29, 0.717) is 0 Å². The van der Waals surface area contributed by atoms with Gasteiger partial charge in [-0.25, -0.2) is 9.97 Å². The van der Waals surface area contributed by atoms with Crippen LogP contribution in [0.3, 0.4) is 0 Å². The van der Waals surface area contributed by atoms with E-state index in [-0.39, 0.29) is 0 Å². The zero-order valence-electron chi connectivity index (χ0n) is 34.5. The van der Waals surface area contributed by atoms with Crippen molar-refractivity contribution in [3.63, 3.8) is 0 Å². The van der Waals surface area contributed by atoms with Gasteiger partial charge in [0.15, 0.2) is 0 Å². The van der Waals surface area contributed by atoms with Crippen LogP contribution in [-0.4, -0.2) is 19.9 Å². The minimum absolute atomic E-state index is 0.582. The third-order valence-corrected chi connectivity index (χ3v) is 13.0. The molecule has 0 saturated carbocycles. The first-order valence-corrected chi connectivity index (χ1v) is 21.6. The summed E-state index contributed by atoms with van der Waals surface area (Å²) in [5.41, 5.74) is 17.3. The second kappa shape index (κ2) is 14.3. The first kappa shape index (κ1) is 36.1.